The number of nitrogens with one attached hydrogen (secondary N) is 1. The molecule has 1 amide bonds. The fourth-order valence-corrected chi connectivity index (χ4v) is 3.46. The van der Waals surface area contributed by atoms with E-state index < -0.39 is 17.6 Å². The number of benzene rings is 2. The highest BCUT2D eigenvalue weighted by molar-refractivity contribution is 6.30. The third-order valence-corrected chi connectivity index (χ3v) is 4.83. The summed E-state index contributed by atoms with van der Waals surface area (Å²) in [5, 5.41) is 13.9. The van der Waals surface area contributed by atoms with Gasteiger partial charge in [0.15, 0.2) is 6.20 Å². The van der Waals surface area contributed by atoms with Crippen LogP contribution in [-0.4, -0.2) is 11.6 Å². The molecule has 30 heavy (non-hydrogen) atoms. The van der Waals surface area contributed by atoms with Crippen molar-refractivity contribution >= 4 is 34.6 Å². The number of aromatic nitrogens is 1. The molecular formula is C21H13ClF3N3O2. The molecule has 1 aromatic heterocycles. The molecule has 4 rings (SSSR count). The zero-order valence-electron chi connectivity index (χ0n) is 15.2. The molecule has 9 heteroatoms. The first-order valence-electron chi connectivity index (χ1n) is 8.79. The number of rotatable bonds is 3. The zero-order chi connectivity index (χ0) is 21.5. The standard InChI is InChI=1S/C21H13ClF3N3O2/c22-13-6-7-15(17(10-13)21(23,24)25)18-9-12-3-1-5-16(19(12)27-18)20(29)26-14-4-2-8-28(30)11-14/h1-8,10-11H,9H2,(H,26,29). The Balaban J connectivity index is 1.71. The van der Waals surface area contributed by atoms with Crippen molar-refractivity contribution in [1.82, 2.24) is 0 Å². The van der Waals surface area contributed by atoms with E-state index in [0.717, 1.165) is 6.07 Å². The highest BCUT2D eigenvalue weighted by Gasteiger charge is 2.36. The summed E-state index contributed by atoms with van der Waals surface area (Å²) >= 11 is 5.76. The number of aliphatic imine (C=N–C) groups is 1. The van der Waals surface area contributed by atoms with E-state index in [0.29, 0.717) is 16.0 Å². The lowest BCUT2D eigenvalue weighted by atomic mass is 9.98. The lowest BCUT2D eigenvalue weighted by molar-refractivity contribution is -0.604. The van der Waals surface area contributed by atoms with Gasteiger partial charge in [-0.3, -0.25) is 9.79 Å². The summed E-state index contributed by atoms with van der Waals surface area (Å²) in [7, 11) is 0. The smallest absolute Gasteiger partial charge is 0.417 e. The number of pyridine rings is 1. The average Bonchev–Trinajstić information content (AvgIpc) is 3.11. The number of carbonyl (C=O) groups is 1. The molecule has 0 spiro atoms. The van der Waals surface area contributed by atoms with E-state index >= 15 is 0 Å². The lowest BCUT2D eigenvalue weighted by Gasteiger charge is -2.13. The number of alkyl halides is 3. The van der Waals surface area contributed by atoms with Gasteiger partial charge in [-0.25, -0.2) is 0 Å². The summed E-state index contributed by atoms with van der Waals surface area (Å²) in [4.78, 5) is 17.1. The van der Waals surface area contributed by atoms with E-state index in [2.05, 4.69) is 10.3 Å². The zero-order valence-corrected chi connectivity index (χ0v) is 16.0. The summed E-state index contributed by atoms with van der Waals surface area (Å²) in [6.07, 6.45) is -1.98. The normalized spacial score (nSPS) is 13.0. The van der Waals surface area contributed by atoms with Gasteiger partial charge in [-0.1, -0.05) is 29.8 Å². The fourth-order valence-electron chi connectivity index (χ4n) is 3.29. The van der Waals surface area contributed by atoms with Gasteiger partial charge >= 0.3 is 6.18 Å². The summed E-state index contributed by atoms with van der Waals surface area (Å²) in [5.41, 5.74) is 0.667. The molecule has 0 unspecified atom stereocenters. The molecule has 0 saturated carbocycles. The number of anilines is 1. The maximum absolute atomic E-state index is 13.5. The molecule has 0 aliphatic carbocycles. The van der Waals surface area contributed by atoms with Crippen LogP contribution in [0.5, 0.6) is 0 Å². The molecule has 0 fully saturated rings. The van der Waals surface area contributed by atoms with Crippen LogP contribution in [0.2, 0.25) is 5.02 Å². The molecule has 0 saturated heterocycles. The Labute approximate surface area is 174 Å². The first-order valence-corrected chi connectivity index (χ1v) is 9.17. The Morgan fingerprint density at radius 2 is 1.97 bits per heavy atom. The van der Waals surface area contributed by atoms with Gasteiger partial charge in [-0.15, -0.1) is 0 Å². The minimum Gasteiger partial charge on any atom is -0.619 e. The van der Waals surface area contributed by atoms with E-state index in [-0.39, 0.29) is 34.0 Å². The second-order valence-corrected chi connectivity index (χ2v) is 7.08. The lowest BCUT2D eigenvalue weighted by Crippen LogP contribution is -2.25. The molecule has 2 heterocycles. The molecule has 0 atom stereocenters. The average molecular weight is 432 g/mol. The number of fused-ring (bicyclic) bond motifs is 1. The minimum atomic E-state index is -4.60. The van der Waals surface area contributed by atoms with Crippen LogP contribution in [0.4, 0.5) is 24.5 Å². The first kappa shape index (κ1) is 19.9. The Kier molecular flexibility index (Phi) is 4.95. The molecule has 1 aliphatic rings. The van der Waals surface area contributed by atoms with Crippen molar-refractivity contribution in [3.8, 4) is 0 Å². The highest BCUT2D eigenvalue weighted by atomic mass is 35.5. The van der Waals surface area contributed by atoms with Crippen LogP contribution in [0, 0.1) is 5.21 Å². The highest BCUT2D eigenvalue weighted by Crippen LogP contribution is 2.38. The number of para-hydroxylation sites is 1. The second-order valence-electron chi connectivity index (χ2n) is 6.64. The predicted octanol–water partition coefficient (Wildman–Crippen LogP) is 4.92. The van der Waals surface area contributed by atoms with Crippen LogP contribution in [0.25, 0.3) is 0 Å². The number of nitrogens with zero attached hydrogens (tertiary/aromatic N) is 2. The first-order chi connectivity index (χ1) is 14.2. The summed E-state index contributed by atoms with van der Waals surface area (Å²) in [6, 6.07) is 11.4. The number of hydrogen-bond donors (Lipinski definition) is 1. The van der Waals surface area contributed by atoms with Crippen molar-refractivity contribution in [2.24, 2.45) is 4.99 Å². The number of halogens is 4. The minimum absolute atomic E-state index is 0.0271. The molecule has 2 aromatic carbocycles. The monoisotopic (exact) mass is 431 g/mol. The van der Waals surface area contributed by atoms with Crippen molar-refractivity contribution in [1.29, 1.82) is 0 Å². The Morgan fingerprint density at radius 1 is 1.17 bits per heavy atom. The van der Waals surface area contributed by atoms with Crippen LogP contribution in [0.3, 0.4) is 0 Å². The second kappa shape index (κ2) is 7.46. The van der Waals surface area contributed by atoms with Crippen LogP contribution in [0.15, 0.2) is 65.9 Å². The molecule has 152 valence electrons. The summed E-state index contributed by atoms with van der Waals surface area (Å²) in [5.74, 6) is -0.518. The van der Waals surface area contributed by atoms with Crippen molar-refractivity contribution in [2.45, 2.75) is 12.6 Å². The predicted molar refractivity (Wildman–Crippen MR) is 106 cm³/mol. The van der Waals surface area contributed by atoms with Crippen molar-refractivity contribution < 1.29 is 22.7 Å². The number of amides is 1. The molecule has 1 N–H and O–H groups in total. The largest absolute Gasteiger partial charge is 0.619 e. The quantitative estimate of drug-likeness (QED) is 0.472. The topological polar surface area (TPSA) is 68.4 Å². The van der Waals surface area contributed by atoms with E-state index in [1.807, 2.05) is 0 Å². The molecule has 1 aliphatic heterocycles. The van der Waals surface area contributed by atoms with Gasteiger partial charge < -0.3 is 10.5 Å². The molecule has 3 aromatic rings. The Morgan fingerprint density at radius 3 is 2.70 bits per heavy atom. The van der Waals surface area contributed by atoms with E-state index in [1.54, 1.807) is 18.2 Å². The molecule has 0 radical (unpaired) electrons. The Bertz CT molecular complexity index is 1190. The van der Waals surface area contributed by atoms with Gasteiger partial charge in [0, 0.05) is 23.1 Å². The molecule has 5 nitrogen and oxygen atoms in total. The molecular weight excluding hydrogens is 419 g/mol. The molecule has 0 bridgehead atoms. The fraction of sp³-hybridized carbons (Fsp3) is 0.0952. The number of hydrogen-bond acceptors (Lipinski definition) is 3. The maximum atomic E-state index is 13.5. The number of carbonyl (C=O) groups excluding carboxylic acids is 1. The van der Waals surface area contributed by atoms with E-state index in [9.17, 15) is 23.2 Å². The van der Waals surface area contributed by atoms with Crippen molar-refractivity contribution in [3.05, 3.63) is 93.4 Å². The van der Waals surface area contributed by atoms with Gasteiger partial charge in [0.2, 0.25) is 6.20 Å². The van der Waals surface area contributed by atoms with Gasteiger partial charge in [0.25, 0.3) is 5.91 Å². The summed E-state index contributed by atoms with van der Waals surface area (Å²) < 4.78 is 41.0. The Hall–Kier alpha value is -3.39. The van der Waals surface area contributed by atoms with Gasteiger partial charge in [-0.2, -0.15) is 17.9 Å². The van der Waals surface area contributed by atoms with Crippen LogP contribution in [0.1, 0.15) is 27.0 Å². The van der Waals surface area contributed by atoms with Gasteiger partial charge in [0.05, 0.1) is 22.5 Å². The van der Waals surface area contributed by atoms with Crippen molar-refractivity contribution in [2.75, 3.05) is 5.32 Å². The van der Waals surface area contributed by atoms with Crippen LogP contribution < -0.4 is 10.0 Å². The van der Waals surface area contributed by atoms with Gasteiger partial charge in [-0.05, 0) is 29.8 Å². The van der Waals surface area contributed by atoms with E-state index in [4.69, 9.17) is 11.6 Å². The van der Waals surface area contributed by atoms with Crippen LogP contribution in [-0.2, 0) is 12.6 Å². The third-order valence-electron chi connectivity index (χ3n) is 4.60. The third kappa shape index (κ3) is 3.86. The van der Waals surface area contributed by atoms with Gasteiger partial charge in [0.1, 0.15) is 5.69 Å². The van der Waals surface area contributed by atoms with Crippen molar-refractivity contribution in [3.63, 3.8) is 0 Å². The summed E-state index contributed by atoms with van der Waals surface area (Å²) in [6.45, 7) is 0. The van der Waals surface area contributed by atoms with Crippen LogP contribution >= 0.6 is 11.6 Å². The maximum Gasteiger partial charge on any atom is 0.417 e. The SMILES string of the molecule is O=C(Nc1ccc[n+]([O-])c1)c1cccc2c1N=C(c1ccc(Cl)cc1C(F)(F)F)C2. The van der Waals surface area contributed by atoms with E-state index in [1.165, 1.54) is 36.7 Å².